The van der Waals surface area contributed by atoms with Crippen LogP contribution >= 0.6 is 20.1 Å². The van der Waals surface area contributed by atoms with E-state index >= 15 is 0 Å². The SMILES string of the molecule is CC1C(C)C(c2cccc3cccnc23)C([Si](C)(C)CCC(F)(F)F)C1C.[CH3-].[Cl][Cr+][Cl]. The summed E-state index contributed by atoms with van der Waals surface area (Å²) in [5, 5.41) is 1.11. The monoisotopic (exact) mass is 530 g/mol. The molecule has 0 N–H and O–H groups in total. The molecule has 1 aromatic heterocycles. The Hall–Kier alpha value is -0.251. The van der Waals surface area contributed by atoms with Crippen LogP contribution in [0.15, 0.2) is 36.5 Å². The third-order valence-corrected chi connectivity index (χ3v) is 11.4. The molecule has 0 aliphatic heterocycles. The molecule has 1 saturated carbocycles. The molecule has 0 spiro atoms. The summed E-state index contributed by atoms with van der Waals surface area (Å²) < 4.78 is 38.9. The Bertz CT molecular complexity index is 829. The van der Waals surface area contributed by atoms with Gasteiger partial charge in [-0.05, 0) is 46.9 Å². The standard InChI is InChI=1S/C22H30F3NSi.CH3.2ClH.Cr/c1-14-15(2)19(18-10-6-8-17-9-7-12-26-20(17)18)21(16(14)3)27(4,5)13-11-22(23,24)25;;;;/h6-10,12,14-16,19,21H,11,13H2,1-5H3;1H3;2*1H;/q;-1;;;+3/p-2. The first kappa shape index (κ1) is 28.8. The first-order valence-electron chi connectivity index (χ1n) is 10.2. The Kier molecular flexibility index (Phi) is 10.9. The summed E-state index contributed by atoms with van der Waals surface area (Å²) in [6.07, 6.45) is -2.90. The molecule has 1 aliphatic rings. The molecular weight excluding hydrogens is 498 g/mol. The topological polar surface area (TPSA) is 12.9 Å². The average Bonchev–Trinajstić information content (AvgIpc) is 2.91. The molecule has 1 nitrogen and oxygen atoms in total. The van der Waals surface area contributed by atoms with Crippen LogP contribution in [0.1, 0.15) is 38.7 Å². The first-order chi connectivity index (χ1) is 13.9. The van der Waals surface area contributed by atoms with Gasteiger partial charge in [-0.3, -0.25) is 4.98 Å². The third-order valence-electron chi connectivity index (χ3n) is 7.16. The van der Waals surface area contributed by atoms with E-state index in [4.69, 9.17) is 20.1 Å². The van der Waals surface area contributed by atoms with Crippen LogP contribution < -0.4 is 0 Å². The Labute approximate surface area is 201 Å². The van der Waals surface area contributed by atoms with Crippen molar-refractivity contribution in [1.82, 2.24) is 4.98 Å². The van der Waals surface area contributed by atoms with E-state index in [-0.39, 0.29) is 26.7 Å². The number of benzene rings is 1. The first-order valence-corrected chi connectivity index (χ1v) is 17.0. The Morgan fingerprint density at radius 2 is 1.58 bits per heavy atom. The molecule has 175 valence electrons. The van der Waals surface area contributed by atoms with Gasteiger partial charge < -0.3 is 7.43 Å². The van der Waals surface area contributed by atoms with Gasteiger partial charge in [-0.25, -0.2) is 0 Å². The number of fused-ring (bicyclic) bond motifs is 1. The fourth-order valence-corrected chi connectivity index (χ4v) is 9.93. The van der Waals surface area contributed by atoms with Crippen LogP contribution in [-0.4, -0.2) is 19.2 Å². The number of nitrogens with zero attached hydrogens (tertiary/aromatic N) is 1. The van der Waals surface area contributed by atoms with Gasteiger partial charge in [-0.15, -0.1) is 0 Å². The zero-order chi connectivity index (χ0) is 22.7. The van der Waals surface area contributed by atoms with E-state index in [2.05, 4.69) is 63.1 Å². The third kappa shape index (κ3) is 6.87. The van der Waals surface area contributed by atoms with Crippen LogP contribution in [0.25, 0.3) is 10.9 Å². The molecule has 3 rings (SSSR count). The minimum atomic E-state index is -4.07. The van der Waals surface area contributed by atoms with Crippen molar-refractivity contribution in [3.63, 3.8) is 0 Å². The second-order valence-corrected chi connectivity index (χ2v) is 16.5. The van der Waals surface area contributed by atoms with E-state index in [9.17, 15) is 13.2 Å². The molecule has 1 fully saturated rings. The number of halogens is 5. The molecular formula is C23H33Cl2CrF3NSi. The van der Waals surface area contributed by atoms with Crippen LogP contribution in [0.4, 0.5) is 13.2 Å². The van der Waals surface area contributed by atoms with Crippen molar-refractivity contribution in [2.24, 2.45) is 17.8 Å². The second-order valence-electron chi connectivity index (χ2n) is 9.21. The molecule has 5 unspecified atom stereocenters. The van der Waals surface area contributed by atoms with E-state index in [0.717, 1.165) is 10.9 Å². The van der Waals surface area contributed by atoms with Crippen LogP contribution in [-0.2, 0) is 13.4 Å². The molecule has 8 heteroatoms. The van der Waals surface area contributed by atoms with E-state index in [0.29, 0.717) is 29.3 Å². The predicted molar refractivity (Wildman–Crippen MR) is 127 cm³/mol. The Balaban J connectivity index is 0.00000113. The summed E-state index contributed by atoms with van der Waals surface area (Å²) in [6.45, 7) is 11.1. The van der Waals surface area contributed by atoms with Crippen LogP contribution in [0.5, 0.6) is 0 Å². The van der Waals surface area contributed by atoms with E-state index < -0.39 is 20.7 Å². The normalized spacial score (nSPS) is 26.1. The van der Waals surface area contributed by atoms with Gasteiger partial charge in [0.2, 0.25) is 0 Å². The Morgan fingerprint density at radius 1 is 1.00 bits per heavy atom. The van der Waals surface area contributed by atoms with E-state index in [1.165, 1.54) is 5.56 Å². The quantitative estimate of drug-likeness (QED) is 0.283. The van der Waals surface area contributed by atoms with Crippen molar-refractivity contribution < 1.29 is 26.5 Å². The van der Waals surface area contributed by atoms with Crippen molar-refractivity contribution >= 4 is 39.1 Å². The Morgan fingerprint density at radius 3 is 2.16 bits per heavy atom. The van der Waals surface area contributed by atoms with Gasteiger partial charge in [0.15, 0.2) is 0 Å². The summed E-state index contributed by atoms with van der Waals surface area (Å²) in [7, 11) is 7.55. The van der Waals surface area contributed by atoms with E-state index in [1.54, 1.807) is 0 Å². The van der Waals surface area contributed by atoms with Crippen molar-refractivity contribution in [2.75, 3.05) is 0 Å². The molecule has 0 radical (unpaired) electrons. The zero-order valence-electron chi connectivity index (χ0n) is 19.0. The molecule has 31 heavy (non-hydrogen) atoms. The van der Waals surface area contributed by atoms with Gasteiger partial charge >= 0.3 is 39.7 Å². The van der Waals surface area contributed by atoms with Crippen LogP contribution in [0, 0.1) is 25.2 Å². The summed E-state index contributed by atoms with van der Waals surface area (Å²) in [5.41, 5.74) is 2.58. The number of rotatable bonds is 4. The summed E-state index contributed by atoms with van der Waals surface area (Å²) in [6, 6.07) is 10.6. The molecule has 1 aromatic carbocycles. The molecule has 0 bridgehead atoms. The summed E-state index contributed by atoms with van der Waals surface area (Å²) >= 11 is -0.181. The number of hydrogen-bond acceptors (Lipinski definition) is 1. The molecule has 5 atom stereocenters. The number of para-hydroxylation sites is 1. The van der Waals surface area contributed by atoms with Gasteiger partial charge in [-0.1, -0.05) is 58.1 Å². The minimum absolute atomic E-state index is 0. The number of hydrogen-bond donors (Lipinski definition) is 0. The predicted octanol–water partition coefficient (Wildman–Crippen LogP) is 9.10. The van der Waals surface area contributed by atoms with Gasteiger partial charge in [0.05, 0.1) is 13.6 Å². The average molecular weight is 532 g/mol. The zero-order valence-corrected chi connectivity index (χ0v) is 22.8. The fourth-order valence-electron chi connectivity index (χ4n) is 5.49. The maximum absolute atomic E-state index is 13.0. The van der Waals surface area contributed by atoms with Gasteiger partial charge in [0, 0.05) is 18.0 Å². The van der Waals surface area contributed by atoms with E-state index in [1.807, 2.05) is 12.3 Å². The molecule has 1 heterocycles. The molecule has 0 saturated heterocycles. The fraction of sp³-hybridized carbons (Fsp3) is 0.565. The van der Waals surface area contributed by atoms with Gasteiger partial charge in [-0.2, -0.15) is 13.2 Å². The molecule has 1 aliphatic carbocycles. The van der Waals surface area contributed by atoms with Crippen molar-refractivity contribution in [3.8, 4) is 0 Å². The summed E-state index contributed by atoms with van der Waals surface area (Å²) in [5.74, 6) is 1.65. The number of pyridine rings is 1. The van der Waals surface area contributed by atoms with Crippen LogP contribution in [0.3, 0.4) is 0 Å². The van der Waals surface area contributed by atoms with Gasteiger partial charge in [0.1, 0.15) is 0 Å². The van der Waals surface area contributed by atoms with Crippen molar-refractivity contribution in [1.29, 1.82) is 0 Å². The van der Waals surface area contributed by atoms with Crippen molar-refractivity contribution in [3.05, 3.63) is 49.5 Å². The second kappa shape index (κ2) is 11.7. The molecule has 2 aromatic rings. The van der Waals surface area contributed by atoms with Gasteiger partial charge in [0.25, 0.3) is 0 Å². The maximum atomic E-state index is 13.0. The molecule has 0 amide bonds. The van der Waals surface area contributed by atoms with Crippen LogP contribution in [0.2, 0.25) is 24.7 Å². The number of alkyl halides is 3. The van der Waals surface area contributed by atoms with Crippen molar-refractivity contribution in [2.45, 2.75) is 64.0 Å². The number of aromatic nitrogens is 1. The summed E-state index contributed by atoms with van der Waals surface area (Å²) in [4.78, 5) is 4.65.